The SMILES string of the molecule is CCCCCCCCCCCCCCN(CC)[SiH](C)C. The molecule has 0 radical (unpaired) electrons. The van der Waals surface area contributed by atoms with Crippen molar-refractivity contribution in [3.05, 3.63) is 0 Å². The van der Waals surface area contributed by atoms with Gasteiger partial charge in [0.2, 0.25) is 0 Å². The second kappa shape index (κ2) is 15.6. The average molecular weight is 300 g/mol. The van der Waals surface area contributed by atoms with Crippen molar-refractivity contribution in [1.82, 2.24) is 4.57 Å². The lowest BCUT2D eigenvalue weighted by Crippen LogP contribution is -2.35. The summed E-state index contributed by atoms with van der Waals surface area (Å²) in [6.07, 6.45) is 17.5. The van der Waals surface area contributed by atoms with E-state index in [2.05, 4.69) is 31.5 Å². The fraction of sp³-hybridized carbons (Fsp3) is 1.00. The highest BCUT2D eigenvalue weighted by Crippen LogP contribution is 2.12. The van der Waals surface area contributed by atoms with Gasteiger partial charge in [0.1, 0.15) is 8.96 Å². The molecule has 0 bridgehead atoms. The summed E-state index contributed by atoms with van der Waals surface area (Å²) in [4.78, 5) is 0. The van der Waals surface area contributed by atoms with E-state index in [9.17, 15) is 0 Å². The number of hydrogen-bond donors (Lipinski definition) is 0. The van der Waals surface area contributed by atoms with Crippen LogP contribution in [0.2, 0.25) is 13.1 Å². The van der Waals surface area contributed by atoms with E-state index in [1.54, 1.807) is 0 Å². The van der Waals surface area contributed by atoms with Crippen LogP contribution in [0.4, 0.5) is 0 Å². The highest BCUT2D eigenvalue weighted by Gasteiger charge is 2.06. The quantitative estimate of drug-likeness (QED) is 0.265. The van der Waals surface area contributed by atoms with Gasteiger partial charge in [0.05, 0.1) is 0 Å². The van der Waals surface area contributed by atoms with Crippen LogP contribution < -0.4 is 0 Å². The van der Waals surface area contributed by atoms with Gasteiger partial charge >= 0.3 is 0 Å². The van der Waals surface area contributed by atoms with E-state index in [0.717, 1.165) is 0 Å². The number of unbranched alkanes of at least 4 members (excludes halogenated alkanes) is 11. The molecule has 0 spiro atoms. The van der Waals surface area contributed by atoms with Crippen molar-refractivity contribution in [2.24, 2.45) is 0 Å². The second-order valence-corrected chi connectivity index (χ2v) is 9.53. The van der Waals surface area contributed by atoms with Gasteiger partial charge in [0.25, 0.3) is 0 Å². The second-order valence-electron chi connectivity index (χ2n) is 6.61. The zero-order chi connectivity index (χ0) is 15.1. The van der Waals surface area contributed by atoms with Gasteiger partial charge in [-0.05, 0) is 19.5 Å². The van der Waals surface area contributed by atoms with E-state index in [1.807, 2.05) is 0 Å². The maximum atomic E-state index is 2.72. The number of nitrogens with zero attached hydrogens (tertiary/aromatic N) is 1. The van der Waals surface area contributed by atoms with Crippen molar-refractivity contribution >= 4 is 8.96 Å². The molecule has 0 aliphatic heterocycles. The summed E-state index contributed by atoms with van der Waals surface area (Å²) in [5.74, 6) is 0. The molecule has 0 amide bonds. The Morgan fingerprint density at radius 3 is 1.35 bits per heavy atom. The fourth-order valence-electron chi connectivity index (χ4n) is 2.94. The van der Waals surface area contributed by atoms with Crippen LogP contribution in [0.1, 0.15) is 90.9 Å². The largest absolute Gasteiger partial charge is 0.327 e. The Morgan fingerprint density at radius 1 is 0.600 bits per heavy atom. The van der Waals surface area contributed by atoms with Crippen molar-refractivity contribution in [3.63, 3.8) is 0 Å². The Morgan fingerprint density at radius 2 is 1.00 bits per heavy atom. The first kappa shape index (κ1) is 20.2. The molecule has 0 aliphatic rings. The lowest BCUT2D eigenvalue weighted by Gasteiger charge is -2.23. The lowest BCUT2D eigenvalue weighted by atomic mass is 10.1. The van der Waals surface area contributed by atoms with Crippen LogP contribution in [0.25, 0.3) is 0 Å². The molecule has 0 aromatic rings. The summed E-state index contributed by atoms with van der Waals surface area (Å²) in [7, 11) is -0.539. The molecule has 0 atom stereocenters. The van der Waals surface area contributed by atoms with Crippen molar-refractivity contribution in [2.45, 2.75) is 104 Å². The summed E-state index contributed by atoms with van der Waals surface area (Å²) < 4.78 is 2.72. The summed E-state index contributed by atoms with van der Waals surface area (Å²) >= 11 is 0. The molecule has 0 aromatic heterocycles. The molecule has 0 N–H and O–H groups in total. The van der Waals surface area contributed by atoms with Crippen LogP contribution in [0.5, 0.6) is 0 Å². The van der Waals surface area contributed by atoms with Crippen LogP contribution in [0.15, 0.2) is 0 Å². The van der Waals surface area contributed by atoms with Gasteiger partial charge in [-0.15, -0.1) is 0 Å². The fourth-order valence-corrected chi connectivity index (χ4v) is 4.37. The van der Waals surface area contributed by atoms with E-state index in [4.69, 9.17) is 0 Å². The Bertz CT molecular complexity index is 182. The van der Waals surface area contributed by atoms with Crippen molar-refractivity contribution in [2.75, 3.05) is 13.1 Å². The summed E-state index contributed by atoms with van der Waals surface area (Å²) in [6.45, 7) is 12.1. The third kappa shape index (κ3) is 13.2. The maximum absolute atomic E-state index is 2.72. The van der Waals surface area contributed by atoms with Crippen LogP contribution in [-0.4, -0.2) is 26.6 Å². The Balaban J connectivity index is 3.13. The van der Waals surface area contributed by atoms with Crippen LogP contribution in [0, 0.1) is 0 Å². The zero-order valence-electron chi connectivity index (χ0n) is 14.9. The van der Waals surface area contributed by atoms with Gasteiger partial charge in [0.15, 0.2) is 0 Å². The Labute approximate surface area is 131 Å². The van der Waals surface area contributed by atoms with E-state index >= 15 is 0 Å². The van der Waals surface area contributed by atoms with Crippen LogP contribution in [-0.2, 0) is 0 Å². The molecule has 20 heavy (non-hydrogen) atoms. The van der Waals surface area contributed by atoms with Crippen molar-refractivity contribution < 1.29 is 0 Å². The molecule has 0 heterocycles. The minimum atomic E-state index is -0.539. The summed E-state index contributed by atoms with van der Waals surface area (Å²) in [6, 6.07) is 0. The zero-order valence-corrected chi connectivity index (χ0v) is 16.1. The third-order valence-corrected chi connectivity index (χ3v) is 6.52. The number of rotatable bonds is 15. The molecule has 2 heteroatoms. The van der Waals surface area contributed by atoms with E-state index in [1.165, 1.54) is 90.1 Å². The van der Waals surface area contributed by atoms with Gasteiger partial charge in [0, 0.05) is 0 Å². The molecule has 1 nitrogen and oxygen atoms in total. The molecule has 122 valence electrons. The number of hydrogen-bond acceptors (Lipinski definition) is 1. The van der Waals surface area contributed by atoms with Gasteiger partial charge < -0.3 is 4.57 Å². The van der Waals surface area contributed by atoms with Crippen LogP contribution >= 0.6 is 0 Å². The summed E-state index contributed by atoms with van der Waals surface area (Å²) in [5, 5.41) is 0. The molecule has 0 aromatic carbocycles. The average Bonchev–Trinajstić information content (AvgIpc) is 2.43. The highest BCUT2D eigenvalue weighted by atomic mass is 28.3. The highest BCUT2D eigenvalue weighted by molar-refractivity contribution is 6.52. The monoisotopic (exact) mass is 299 g/mol. The standard InChI is InChI=1S/C18H41NSi/c1-5-7-8-9-10-11-12-13-14-15-16-17-18-19(6-2)20(3)4/h20H,5-18H2,1-4H3. The van der Waals surface area contributed by atoms with Crippen molar-refractivity contribution in [3.8, 4) is 0 Å². The smallest absolute Gasteiger partial charge is 0.105 e. The third-order valence-electron chi connectivity index (χ3n) is 4.44. The maximum Gasteiger partial charge on any atom is 0.105 e. The Kier molecular flexibility index (Phi) is 15.7. The predicted octanol–water partition coefficient (Wildman–Crippen LogP) is 5.99. The topological polar surface area (TPSA) is 3.24 Å². The minimum absolute atomic E-state index is 0.539. The first-order valence-corrected chi connectivity index (χ1v) is 12.3. The molecular formula is C18H41NSi. The lowest BCUT2D eigenvalue weighted by molar-refractivity contribution is 0.431. The van der Waals surface area contributed by atoms with Gasteiger partial charge in [-0.2, -0.15) is 0 Å². The summed E-state index contributed by atoms with van der Waals surface area (Å²) in [5.41, 5.74) is 0. The molecular weight excluding hydrogens is 258 g/mol. The molecule has 0 unspecified atom stereocenters. The normalized spacial score (nSPS) is 11.7. The molecule has 0 saturated carbocycles. The molecule has 0 aliphatic carbocycles. The van der Waals surface area contributed by atoms with Crippen molar-refractivity contribution in [1.29, 1.82) is 0 Å². The van der Waals surface area contributed by atoms with Crippen LogP contribution in [0.3, 0.4) is 0 Å². The first-order valence-electron chi connectivity index (χ1n) is 9.46. The van der Waals surface area contributed by atoms with Gasteiger partial charge in [-0.1, -0.05) is 97.6 Å². The van der Waals surface area contributed by atoms with E-state index < -0.39 is 8.96 Å². The van der Waals surface area contributed by atoms with E-state index in [0.29, 0.717) is 0 Å². The molecule has 0 saturated heterocycles. The first-order chi connectivity index (χ1) is 9.72. The Hall–Kier alpha value is 0.177. The van der Waals surface area contributed by atoms with Gasteiger partial charge in [-0.3, -0.25) is 0 Å². The van der Waals surface area contributed by atoms with Gasteiger partial charge in [-0.25, -0.2) is 0 Å². The molecule has 0 fully saturated rings. The molecule has 0 rings (SSSR count). The predicted molar refractivity (Wildman–Crippen MR) is 97.2 cm³/mol. The van der Waals surface area contributed by atoms with E-state index in [-0.39, 0.29) is 0 Å². The minimum Gasteiger partial charge on any atom is -0.327 e.